The fourth-order valence-corrected chi connectivity index (χ4v) is 0.497. The highest BCUT2D eigenvalue weighted by molar-refractivity contribution is 4.83. The Hall–Kier alpha value is -1.06. The SMILES string of the molecule is CCOn1ncc(C)n1. The first-order valence-corrected chi connectivity index (χ1v) is 2.85. The standard InChI is InChI=1S/C5H9N3O/c1-3-9-8-6-4-5(2)7-8/h4H,3H2,1-2H3. The summed E-state index contributed by atoms with van der Waals surface area (Å²) >= 11 is 0. The minimum absolute atomic E-state index is 0.591. The highest BCUT2D eigenvalue weighted by Gasteiger charge is 1.90. The van der Waals surface area contributed by atoms with E-state index in [0.717, 1.165) is 5.69 Å². The molecular weight excluding hydrogens is 118 g/mol. The molecule has 0 bridgehead atoms. The molecule has 0 saturated carbocycles. The molecule has 0 aromatic carbocycles. The molecule has 0 amide bonds. The summed E-state index contributed by atoms with van der Waals surface area (Å²) in [4.78, 5) is 6.14. The zero-order valence-electron chi connectivity index (χ0n) is 5.53. The van der Waals surface area contributed by atoms with E-state index in [2.05, 4.69) is 10.2 Å². The van der Waals surface area contributed by atoms with Crippen LogP contribution in [-0.4, -0.2) is 21.8 Å². The Morgan fingerprint density at radius 1 is 1.78 bits per heavy atom. The van der Waals surface area contributed by atoms with E-state index in [4.69, 9.17) is 4.84 Å². The quantitative estimate of drug-likeness (QED) is 0.563. The lowest BCUT2D eigenvalue weighted by Crippen LogP contribution is -2.13. The predicted octanol–water partition coefficient (Wildman–Crippen LogP) is 0.0350. The van der Waals surface area contributed by atoms with E-state index in [1.807, 2.05) is 13.8 Å². The fourth-order valence-electron chi connectivity index (χ4n) is 0.497. The number of aromatic nitrogens is 3. The van der Waals surface area contributed by atoms with Gasteiger partial charge in [0.05, 0.1) is 11.9 Å². The molecule has 0 fully saturated rings. The van der Waals surface area contributed by atoms with Gasteiger partial charge < -0.3 is 4.84 Å². The Bertz CT molecular complexity index is 184. The summed E-state index contributed by atoms with van der Waals surface area (Å²) in [7, 11) is 0. The maximum atomic E-state index is 4.92. The fraction of sp³-hybridized carbons (Fsp3) is 0.600. The molecule has 0 aliphatic heterocycles. The molecule has 0 N–H and O–H groups in total. The van der Waals surface area contributed by atoms with Gasteiger partial charge in [0.15, 0.2) is 0 Å². The summed E-state index contributed by atoms with van der Waals surface area (Å²) in [5.74, 6) is 0. The first kappa shape index (κ1) is 6.07. The number of rotatable bonds is 2. The van der Waals surface area contributed by atoms with Crippen LogP contribution in [-0.2, 0) is 0 Å². The van der Waals surface area contributed by atoms with Gasteiger partial charge in [0, 0.05) is 0 Å². The number of nitrogens with zero attached hydrogens (tertiary/aromatic N) is 3. The zero-order chi connectivity index (χ0) is 6.69. The van der Waals surface area contributed by atoms with Crippen molar-refractivity contribution in [3.8, 4) is 0 Å². The summed E-state index contributed by atoms with van der Waals surface area (Å²) in [6.45, 7) is 4.34. The maximum absolute atomic E-state index is 4.92. The van der Waals surface area contributed by atoms with E-state index < -0.39 is 0 Å². The lowest BCUT2D eigenvalue weighted by Gasteiger charge is -1.95. The van der Waals surface area contributed by atoms with Crippen molar-refractivity contribution >= 4 is 0 Å². The van der Waals surface area contributed by atoms with Crippen LogP contribution in [0.5, 0.6) is 0 Å². The first-order valence-electron chi connectivity index (χ1n) is 2.85. The van der Waals surface area contributed by atoms with E-state index in [-0.39, 0.29) is 0 Å². The summed E-state index contributed by atoms with van der Waals surface area (Å²) in [5, 5.41) is 7.67. The second-order valence-electron chi connectivity index (χ2n) is 1.66. The largest absolute Gasteiger partial charge is 0.382 e. The molecule has 50 valence electrons. The van der Waals surface area contributed by atoms with Crippen LogP contribution in [0.15, 0.2) is 6.20 Å². The molecule has 1 aromatic heterocycles. The molecule has 0 radical (unpaired) electrons. The first-order chi connectivity index (χ1) is 4.33. The molecule has 9 heavy (non-hydrogen) atoms. The zero-order valence-corrected chi connectivity index (χ0v) is 5.53. The molecule has 4 nitrogen and oxygen atoms in total. The van der Waals surface area contributed by atoms with Crippen LogP contribution < -0.4 is 4.84 Å². The van der Waals surface area contributed by atoms with Crippen LogP contribution in [0.25, 0.3) is 0 Å². The summed E-state index contributed by atoms with van der Waals surface area (Å²) < 4.78 is 0. The highest BCUT2D eigenvalue weighted by Crippen LogP contribution is 1.83. The normalized spacial score (nSPS) is 9.56. The van der Waals surface area contributed by atoms with Gasteiger partial charge in [0.1, 0.15) is 6.61 Å². The van der Waals surface area contributed by atoms with Gasteiger partial charge in [-0.15, -0.1) is 10.2 Å². The van der Waals surface area contributed by atoms with Gasteiger partial charge in [-0.05, 0) is 18.8 Å². The van der Waals surface area contributed by atoms with E-state index in [9.17, 15) is 0 Å². The minimum atomic E-state index is 0.591. The van der Waals surface area contributed by atoms with Gasteiger partial charge in [-0.25, -0.2) is 0 Å². The number of hydrogen-bond acceptors (Lipinski definition) is 3. The van der Waals surface area contributed by atoms with Gasteiger partial charge in [0.25, 0.3) is 0 Å². The average Bonchev–Trinajstić information content (AvgIpc) is 2.17. The van der Waals surface area contributed by atoms with Crippen molar-refractivity contribution < 1.29 is 4.84 Å². The third kappa shape index (κ3) is 1.42. The van der Waals surface area contributed by atoms with E-state index in [1.54, 1.807) is 6.20 Å². The van der Waals surface area contributed by atoms with Crippen molar-refractivity contribution in [2.45, 2.75) is 13.8 Å². The van der Waals surface area contributed by atoms with Gasteiger partial charge in [-0.2, -0.15) is 0 Å². The second-order valence-corrected chi connectivity index (χ2v) is 1.66. The minimum Gasteiger partial charge on any atom is -0.382 e. The monoisotopic (exact) mass is 127 g/mol. The smallest absolute Gasteiger partial charge is 0.116 e. The Kier molecular flexibility index (Phi) is 1.67. The van der Waals surface area contributed by atoms with E-state index in [0.29, 0.717) is 6.61 Å². The lowest BCUT2D eigenvalue weighted by molar-refractivity contribution is 0.0621. The molecule has 0 aliphatic carbocycles. The van der Waals surface area contributed by atoms with Crippen LogP contribution in [0.3, 0.4) is 0 Å². The topological polar surface area (TPSA) is 39.9 Å². The van der Waals surface area contributed by atoms with Crippen LogP contribution in [0.1, 0.15) is 12.6 Å². The van der Waals surface area contributed by atoms with Crippen LogP contribution >= 0.6 is 0 Å². The van der Waals surface area contributed by atoms with Gasteiger partial charge >= 0.3 is 0 Å². The Labute approximate surface area is 53.4 Å². The van der Waals surface area contributed by atoms with Crippen molar-refractivity contribution in [1.82, 2.24) is 15.2 Å². The van der Waals surface area contributed by atoms with Crippen molar-refractivity contribution in [2.75, 3.05) is 6.61 Å². The van der Waals surface area contributed by atoms with Crippen molar-refractivity contribution in [3.63, 3.8) is 0 Å². The van der Waals surface area contributed by atoms with Crippen molar-refractivity contribution in [3.05, 3.63) is 11.9 Å². The molecule has 1 heterocycles. The predicted molar refractivity (Wildman–Crippen MR) is 31.9 cm³/mol. The van der Waals surface area contributed by atoms with Crippen LogP contribution in [0.4, 0.5) is 0 Å². The lowest BCUT2D eigenvalue weighted by atomic mass is 10.6. The van der Waals surface area contributed by atoms with Gasteiger partial charge in [-0.1, -0.05) is 0 Å². The maximum Gasteiger partial charge on any atom is 0.116 e. The Balaban J connectivity index is 2.61. The van der Waals surface area contributed by atoms with Crippen LogP contribution in [0.2, 0.25) is 0 Å². The summed E-state index contributed by atoms with van der Waals surface area (Å²) in [6.07, 6.45) is 1.65. The molecule has 0 unspecified atom stereocenters. The Morgan fingerprint density at radius 2 is 2.56 bits per heavy atom. The molecule has 1 aromatic rings. The third-order valence-electron chi connectivity index (χ3n) is 0.831. The van der Waals surface area contributed by atoms with Gasteiger partial charge in [-0.3, -0.25) is 0 Å². The third-order valence-corrected chi connectivity index (χ3v) is 0.831. The molecule has 0 spiro atoms. The van der Waals surface area contributed by atoms with Gasteiger partial charge in [0.2, 0.25) is 0 Å². The van der Waals surface area contributed by atoms with E-state index >= 15 is 0 Å². The van der Waals surface area contributed by atoms with Crippen molar-refractivity contribution in [1.29, 1.82) is 0 Å². The average molecular weight is 127 g/mol. The molecule has 0 atom stereocenters. The van der Waals surface area contributed by atoms with E-state index in [1.165, 1.54) is 4.96 Å². The Morgan fingerprint density at radius 3 is 3.00 bits per heavy atom. The highest BCUT2D eigenvalue weighted by atomic mass is 16.7. The van der Waals surface area contributed by atoms with Crippen molar-refractivity contribution in [2.24, 2.45) is 0 Å². The van der Waals surface area contributed by atoms with Crippen LogP contribution in [0, 0.1) is 6.92 Å². The number of aryl methyl sites for hydroxylation is 1. The number of hydrogen-bond donors (Lipinski definition) is 0. The second kappa shape index (κ2) is 2.48. The molecular formula is C5H9N3O. The summed E-state index contributed by atoms with van der Waals surface area (Å²) in [5.41, 5.74) is 0.864. The summed E-state index contributed by atoms with van der Waals surface area (Å²) in [6, 6.07) is 0. The molecule has 1 rings (SSSR count). The molecule has 4 heteroatoms. The molecule has 0 saturated heterocycles. The molecule has 0 aliphatic rings.